The lowest BCUT2D eigenvalue weighted by molar-refractivity contribution is 0.589. The predicted octanol–water partition coefficient (Wildman–Crippen LogP) is 4.85. The number of rotatable bonds is 3. The zero-order valence-corrected chi connectivity index (χ0v) is 18.7. The summed E-state index contributed by atoms with van der Waals surface area (Å²) in [6, 6.07) is 17.8. The molecule has 1 N–H and O–H groups in total. The minimum absolute atomic E-state index is 0.0655. The Kier molecular flexibility index (Phi) is 4.56. The number of pyridine rings is 2. The van der Waals surface area contributed by atoms with E-state index in [4.69, 9.17) is 4.98 Å². The van der Waals surface area contributed by atoms with Crippen molar-refractivity contribution in [3.63, 3.8) is 0 Å². The number of aromatic nitrogens is 3. The second-order valence-corrected chi connectivity index (χ2v) is 9.99. The van der Waals surface area contributed by atoms with Crippen LogP contribution in [0.1, 0.15) is 5.56 Å². The van der Waals surface area contributed by atoms with Crippen LogP contribution < -0.4 is 5.56 Å². The highest BCUT2D eigenvalue weighted by molar-refractivity contribution is 9.10. The molecule has 6 nitrogen and oxygen atoms in total. The summed E-state index contributed by atoms with van der Waals surface area (Å²) >= 11 is 3.45. The van der Waals surface area contributed by atoms with Crippen LogP contribution in [-0.4, -0.2) is 22.4 Å². The molecule has 0 saturated heterocycles. The van der Waals surface area contributed by atoms with E-state index in [0.717, 1.165) is 24.9 Å². The Morgan fingerprint density at radius 3 is 2.55 bits per heavy atom. The molecule has 3 heterocycles. The fourth-order valence-electron chi connectivity index (χ4n) is 3.62. The maximum atomic E-state index is 13.2. The Hall–Kier alpha value is -3.23. The third-order valence-corrected chi connectivity index (χ3v) is 7.39. The summed E-state index contributed by atoms with van der Waals surface area (Å²) in [5.41, 5.74) is 2.62. The molecule has 0 fully saturated rings. The molecule has 8 heteroatoms. The summed E-state index contributed by atoms with van der Waals surface area (Å²) in [7, 11) is -3.93. The number of nitrogens with zero attached hydrogens (tertiary/aromatic N) is 2. The van der Waals surface area contributed by atoms with E-state index in [1.807, 2.05) is 37.3 Å². The van der Waals surface area contributed by atoms with Crippen LogP contribution in [0.15, 0.2) is 87.2 Å². The van der Waals surface area contributed by atoms with Crippen molar-refractivity contribution in [2.45, 2.75) is 11.8 Å². The predicted molar refractivity (Wildman–Crippen MR) is 125 cm³/mol. The van der Waals surface area contributed by atoms with Gasteiger partial charge >= 0.3 is 0 Å². The molecule has 5 aromatic rings. The first-order valence-corrected chi connectivity index (χ1v) is 11.7. The first kappa shape index (κ1) is 19.7. The summed E-state index contributed by atoms with van der Waals surface area (Å²) in [6.07, 6.45) is 2.98. The molecule has 0 bridgehead atoms. The van der Waals surface area contributed by atoms with Crippen LogP contribution >= 0.6 is 15.9 Å². The number of hydrogen-bond donors (Lipinski definition) is 1. The molecule has 0 unspecified atom stereocenters. The zero-order chi connectivity index (χ0) is 21.8. The number of halogens is 1. The maximum Gasteiger partial charge on any atom is 0.273 e. The normalized spacial score (nSPS) is 11.9. The molecule has 5 rings (SSSR count). The number of benzene rings is 2. The number of nitrogens with one attached hydrogen (secondary N) is 1. The molecule has 0 amide bonds. The first-order chi connectivity index (χ1) is 14.8. The first-order valence-electron chi connectivity index (χ1n) is 9.46. The van der Waals surface area contributed by atoms with Crippen LogP contribution in [0.2, 0.25) is 0 Å². The highest BCUT2D eigenvalue weighted by atomic mass is 79.9. The molecular weight excluding hydrogens is 478 g/mol. The topological polar surface area (TPSA) is 84.8 Å². The molecule has 2 aromatic carbocycles. The van der Waals surface area contributed by atoms with E-state index in [1.54, 1.807) is 24.4 Å². The largest absolute Gasteiger partial charge is 0.327 e. The van der Waals surface area contributed by atoms with Crippen LogP contribution in [0.3, 0.4) is 0 Å². The third kappa shape index (κ3) is 3.28. The van der Waals surface area contributed by atoms with Crippen molar-refractivity contribution in [3.05, 3.63) is 93.4 Å². The van der Waals surface area contributed by atoms with E-state index in [-0.39, 0.29) is 10.4 Å². The SMILES string of the molecule is Cc1ccc(S(=O)(=O)n2ccc3c(-c4ccc5cc(Br)ccc5n4)c[nH]c(=O)c32)cc1. The lowest BCUT2D eigenvalue weighted by Gasteiger charge is -2.09. The van der Waals surface area contributed by atoms with Gasteiger partial charge in [-0.05, 0) is 49.4 Å². The minimum atomic E-state index is -3.93. The summed E-state index contributed by atoms with van der Waals surface area (Å²) in [5.74, 6) is 0. The highest BCUT2D eigenvalue weighted by Crippen LogP contribution is 2.29. The van der Waals surface area contributed by atoms with Gasteiger partial charge in [0, 0.05) is 33.2 Å². The Morgan fingerprint density at radius 2 is 1.77 bits per heavy atom. The highest BCUT2D eigenvalue weighted by Gasteiger charge is 2.22. The molecule has 0 aliphatic carbocycles. The molecule has 31 heavy (non-hydrogen) atoms. The number of aryl methyl sites for hydroxylation is 1. The average molecular weight is 494 g/mol. The van der Waals surface area contributed by atoms with Gasteiger partial charge in [-0.15, -0.1) is 0 Å². The minimum Gasteiger partial charge on any atom is -0.327 e. The molecule has 0 saturated carbocycles. The van der Waals surface area contributed by atoms with Crippen molar-refractivity contribution in [2.75, 3.05) is 0 Å². The van der Waals surface area contributed by atoms with Gasteiger partial charge in [-0.3, -0.25) is 4.79 Å². The van der Waals surface area contributed by atoms with Crippen LogP contribution in [0.5, 0.6) is 0 Å². The quantitative estimate of drug-likeness (QED) is 0.389. The van der Waals surface area contributed by atoms with Crippen LogP contribution in [0.25, 0.3) is 33.1 Å². The molecule has 0 atom stereocenters. The van der Waals surface area contributed by atoms with E-state index in [2.05, 4.69) is 20.9 Å². The van der Waals surface area contributed by atoms with Gasteiger partial charge in [0.25, 0.3) is 15.6 Å². The molecule has 0 spiro atoms. The molecule has 3 aromatic heterocycles. The van der Waals surface area contributed by atoms with Crippen molar-refractivity contribution < 1.29 is 8.42 Å². The van der Waals surface area contributed by atoms with Crippen LogP contribution in [0, 0.1) is 6.92 Å². The van der Waals surface area contributed by atoms with Gasteiger partial charge < -0.3 is 4.98 Å². The average Bonchev–Trinajstić information content (AvgIpc) is 3.21. The van der Waals surface area contributed by atoms with Gasteiger partial charge in [0.2, 0.25) is 0 Å². The summed E-state index contributed by atoms with van der Waals surface area (Å²) in [6.45, 7) is 1.88. The van der Waals surface area contributed by atoms with E-state index in [9.17, 15) is 13.2 Å². The molecule has 0 radical (unpaired) electrons. The molecule has 0 aliphatic heterocycles. The van der Waals surface area contributed by atoms with Gasteiger partial charge in [-0.2, -0.15) is 0 Å². The van der Waals surface area contributed by atoms with Crippen molar-refractivity contribution in [3.8, 4) is 11.3 Å². The standard InChI is InChI=1S/C23H16BrN3O3S/c1-14-2-6-17(7-3-14)31(29,30)27-11-10-18-19(13-25-23(28)22(18)27)21-8-4-15-12-16(24)5-9-20(15)26-21/h2-13H,1H3,(H,25,28). The molecule has 0 aliphatic rings. The zero-order valence-electron chi connectivity index (χ0n) is 16.3. The summed E-state index contributed by atoms with van der Waals surface area (Å²) < 4.78 is 28.4. The Balaban J connectivity index is 1.72. The fraction of sp³-hybridized carbons (Fsp3) is 0.0435. The van der Waals surface area contributed by atoms with Gasteiger partial charge in [-0.25, -0.2) is 17.4 Å². The van der Waals surface area contributed by atoms with Crippen molar-refractivity contribution >= 4 is 47.8 Å². The fourth-order valence-corrected chi connectivity index (χ4v) is 5.35. The second-order valence-electron chi connectivity index (χ2n) is 7.26. The lowest BCUT2D eigenvalue weighted by atomic mass is 10.1. The second kappa shape index (κ2) is 7.18. The van der Waals surface area contributed by atoms with E-state index < -0.39 is 15.6 Å². The number of H-pyrrole nitrogens is 1. The van der Waals surface area contributed by atoms with Gasteiger partial charge in [-0.1, -0.05) is 39.7 Å². The summed E-state index contributed by atoms with van der Waals surface area (Å²) in [5, 5.41) is 1.49. The maximum absolute atomic E-state index is 13.2. The van der Waals surface area contributed by atoms with E-state index in [0.29, 0.717) is 16.6 Å². The van der Waals surface area contributed by atoms with Crippen molar-refractivity contribution in [1.29, 1.82) is 0 Å². The van der Waals surface area contributed by atoms with E-state index >= 15 is 0 Å². The number of fused-ring (bicyclic) bond motifs is 2. The molecular formula is C23H16BrN3O3S. The van der Waals surface area contributed by atoms with Crippen LogP contribution in [-0.2, 0) is 10.0 Å². The molecule has 154 valence electrons. The Bertz CT molecular complexity index is 1640. The number of hydrogen-bond acceptors (Lipinski definition) is 4. The third-order valence-electron chi connectivity index (χ3n) is 5.21. The van der Waals surface area contributed by atoms with Gasteiger partial charge in [0.05, 0.1) is 16.1 Å². The van der Waals surface area contributed by atoms with E-state index in [1.165, 1.54) is 18.3 Å². The van der Waals surface area contributed by atoms with Gasteiger partial charge in [0.1, 0.15) is 5.52 Å². The smallest absolute Gasteiger partial charge is 0.273 e. The van der Waals surface area contributed by atoms with Gasteiger partial charge in [0.15, 0.2) is 0 Å². The van der Waals surface area contributed by atoms with Crippen molar-refractivity contribution in [2.24, 2.45) is 0 Å². The Labute approximate surface area is 186 Å². The monoisotopic (exact) mass is 493 g/mol. The van der Waals surface area contributed by atoms with Crippen molar-refractivity contribution in [1.82, 2.24) is 13.9 Å². The summed E-state index contributed by atoms with van der Waals surface area (Å²) in [4.78, 5) is 20.2. The van der Waals surface area contributed by atoms with Crippen LogP contribution in [0.4, 0.5) is 0 Å². The number of aromatic amines is 1. The lowest BCUT2D eigenvalue weighted by Crippen LogP contribution is -2.17. The Morgan fingerprint density at radius 1 is 1.00 bits per heavy atom.